The van der Waals surface area contributed by atoms with Crippen LogP contribution in [0.5, 0.6) is 0 Å². The number of hydrogen-bond acceptors (Lipinski definition) is 4. The molecular formula is C29H32FNO5S. The van der Waals surface area contributed by atoms with E-state index < -0.39 is 33.5 Å². The van der Waals surface area contributed by atoms with Crippen LogP contribution in [0.4, 0.5) is 10.1 Å². The predicted octanol–water partition coefficient (Wildman–Crippen LogP) is 6.31. The van der Waals surface area contributed by atoms with Gasteiger partial charge in [-0.15, -0.1) is 0 Å². The van der Waals surface area contributed by atoms with Crippen LogP contribution < -0.4 is 4.31 Å². The summed E-state index contributed by atoms with van der Waals surface area (Å²) >= 11 is 0. The van der Waals surface area contributed by atoms with E-state index in [1.807, 2.05) is 38.1 Å². The first-order chi connectivity index (χ1) is 17.1. The van der Waals surface area contributed by atoms with E-state index in [1.165, 1.54) is 16.4 Å². The molecule has 0 bridgehead atoms. The summed E-state index contributed by atoms with van der Waals surface area (Å²) in [5.41, 5.74) is 5.61. The molecule has 0 unspecified atom stereocenters. The molecule has 196 valence electrons. The first-order valence-corrected chi connectivity index (χ1v) is 13.9. The van der Waals surface area contributed by atoms with Gasteiger partial charge in [0.1, 0.15) is 5.82 Å². The second-order valence-corrected chi connectivity index (χ2v) is 12.6. The average molecular weight is 526 g/mol. The van der Waals surface area contributed by atoms with Crippen LogP contribution >= 0.6 is 0 Å². The number of benzene rings is 3. The van der Waals surface area contributed by atoms with Gasteiger partial charge in [-0.25, -0.2) is 17.6 Å². The number of carboxylic acid groups (broad SMARTS) is 1. The Morgan fingerprint density at radius 3 is 2.19 bits per heavy atom. The predicted molar refractivity (Wildman–Crippen MR) is 144 cm³/mol. The summed E-state index contributed by atoms with van der Waals surface area (Å²) in [6, 6.07) is 12.1. The molecule has 0 aromatic heterocycles. The molecule has 0 spiro atoms. The van der Waals surface area contributed by atoms with Crippen molar-refractivity contribution in [2.75, 3.05) is 10.6 Å². The lowest BCUT2D eigenvalue weighted by molar-refractivity contribution is -0.160. The molecule has 0 saturated carbocycles. The number of aliphatic carboxylic acids is 1. The third-order valence-corrected chi connectivity index (χ3v) is 7.73. The number of carbonyl (C=O) groups is 1. The Balaban J connectivity index is 2.21. The van der Waals surface area contributed by atoms with E-state index >= 15 is 0 Å². The summed E-state index contributed by atoms with van der Waals surface area (Å²) in [6.45, 7) is 10.8. The van der Waals surface area contributed by atoms with Gasteiger partial charge in [0.2, 0.25) is 10.0 Å². The van der Waals surface area contributed by atoms with Gasteiger partial charge in [-0.3, -0.25) is 4.31 Å². The minimum absolute atomic E-state index is 0.0552. The maximum Gasteiger partial charge on any atom is 0.337 e. The van der Waals surface area contributed by atoms with Gasteiger partial charge in [-0.2, -0.15) is 0 Å². The number of carboxylic acids is 1. The Morgan fingerprint density at radius 1 is 1.03 bits per heavy atom. The Morgan fingerprint density at radius 2 is 1.65 bits per heavy atom. The van der Waals surface area contributed by atoms with Gasteiger partial charge in [0.25, 0.3) is 0 Å². The van der Waals surface area contributed by atoms with Crippen LogP contribution in [0, 0.1) is 26.6 Å². The van der Waals surface area contributed by atoms with Crippen molar-refractivity contribution >= 4 is 21.7 Å². The highest BCUT2D eigenvalue weighted by Gasteiger charge is 2.38. The number of halogens is 1. The Labute approximate surface area is 217 Å². The fourth-order valence-corrected chi connectivity index (χ4v) is 6.04. The lowest BCUT2D eigenvalue weighted by atomic mass is 9.80. The highest BCUT2D eigenvalue weighted by molar-refractivity contribution is 7.92. The summed E-state index contributed by atoms with van der Waals surface area (Å²) in [7, 11) is -3.79. The van der Waals surface area contributed by atoms with Crippen LogP contribution in [-0.4, -0.2) is 31.4 Å². The van der Waals surface area contributed by atoms with E-state index in [0.29, 0.717) is 39.1 Å². The number of aryl methyl sites for hydroxylation is 1. The van der Waals surface area contributed by atoms with Crippen molar-refractivity contribution in [3.8, 4) is 22.3 Å². The Kier molecular flexibility index (Phi) is 6.71. The molecule has 6 nitrogen and oxygen atoms in total. The number of sulfonamides is 1. The van der Waals surface area contributed by atoms with Crippen molar-refractivity contribution in [3.63, 3.8) is 0 Å². The standard InChI is InChI=1S/C29H32FNO5S/c1-16-8-10-19(11-9-16)23-17(2)24-22-13-12-21(30)14-20(22)15-31(37(7,34)35)26(24)18(3)25(23)27(28(32)33)36-29(4,5)6/h8-14,27H,15H2,1-7H3,(H,32,33)/t27-/m0/s1. The minimum Gasteiger partial charge on any atom is -0.479 e. The fourth-order valence-electron chi connectivity index (χ4n) is 5.11. The normalized spacial score (nSPS) is 14.2. The molecule has 1 aliphatic rings. The number of ether oxygens (including phenoxy) is 1. The van der Waals surface area contributed by atoms with Crippen LogP contribution in [0.3, 0.4) is 0 Å². The van der Waals surface area contributed by atoms with Gasteiger partial charge in [-0.1, -0.05) is 35.9 Å². The van der Waals surface area contributed by atoms with Gasteiger partial charge in [-0.05, 0) is 87.1 Å². The van der Waals surface area contributed by atoms with Crippen LogP contribution in [0.15, 0.2) is 42.5 Å². The second-order valence-electron chi connectivity index (χ2n) is 10.6. The third kappa shape index (κ3) is 5.00. The zero-order valence-corrected chi connectivity index (χ0v) is 23.0. The SMILES string of the molecule is Cc1ccc(-c2c(C)c3c(c(C)c2[C@H](OC(C)(C)C)C(=O)O)N(S(C)(=O)=O)Cc2cc(F)ccc2-3)cc1. The zero-order chi connectivity index (χ0) is 27.4. The van der Waals surface area contributed by atoms with Crippen molar-refractivity contribution in [2.24, 2.45) is 0 Å². The molecule has 1 heterocycles. The molecule has 3 aromatic rings. The van der Waals surface area contributed by atoms with Gasteiger partial charge in [0.05, 0.1) is 24.1 Å². The van der Waals surface area contributed by atoms with E-state index in [0.717, 1.165) is 22.9 Å². The quantitative estimate of drug-likeness (QED) is 0.422. The first kappa shape index (κ1) is 26.8. The molecule has 0 fully saturated rings. The maximum absolute atomic E-state index is 14.2. The van der Waals surface area contributed by atoms with Crippen molar-refractivity contribution in [1.29, 1.82) is 0 Å². The first-order valence-electron chi connectivity index (χ1n) is 12.0. The Bertz CT molecular complexity index is 1500. The van der Waals surface area contributed by atoms with E-state index in [-0.39, 0.29) is 6.54 Å². The second kappa shape index (κ2) is 9.26. The zero-order valence-electron chi connectivity index (χ0n) is 22.1. The van der Waals surface area contributed by atoms with Crippen LogP contribution in [0.1, 0.15) is 54.7 Å². The number of hydrogen-bond donors (Lipinski definition) is 1. The largest absolute Gasteiger partial charge is 0.479 e. The Hall–Kier alpha value is -3.23. The molecule has 4 rings (SSSR count). The van der Waals surface area contributed by atoms with Crippen molar-refractivity contribution < 1.29 is 27.4 Å². The number of fused-ring (bicyclic) bond motifs is 3. The molecule has 0 amide bonds. The minimum atomic E-state index is -3.79. The molecule has 1 aliphatic heterocycles. The summed E-state index contributed by atoms with van der Waals surface area (Å²) < 4.78 is 47.6. The number of rotatable bonds is 5. The smallest absolute Gasteiger partial charge is 0.337 e. The molecule has 37 heavy (non-hydrogen) atoms. The van der Waals surface area contributed by atoms with Crippen molar-refractivity contribution in [3.05, 3.63) is 76.1 Å². The van der Waals surface area contributed by atoms with Crippen LogP contribution in [0.2, 0.25) is 0 Å². The molecule has 1 atom stereocenters. The van der Waals surface area contributed by atoms with Crippen LogP contribution in [-0.2, 0) is 26.1 Å². The summed E-state index contributed by atoms with van der Waals surface area (Å²) in [6.07, 6.45) is -0.250. The molecule has 1 N–H and O–H groups in total. The van der Waals surface area contributed by atoms with E-state index in [9.17, 15) is 22.7 Å². The van der Waals surface area contributed by atoms with E-state index in [4.69, 9.17) is 4.74 Å². The fraction of sp³-hybridized carbons (Fsp3) is 0.345. The lowest BCUT2D eigenvalue weighted by Gasteiger charge is -2.37. The summed E-state index contributed by atoms with van der Waals surface area (Å²) in [5.74, 6) is -1.63. The number of nitrogens with zero attached hydrogens (tertiary/aromatic N) is 1. The van der Waals surface area contributed by atoms with Crippen molar-refractivity contribution in [1.82, 2.24) is 0 Å². The molecule has 0 aliphatic carbocycles. The summed E-state index contributed by atoms with van der Waals surface area (Å²) in [5, 5.41) is 10.3. The topological polar surface area (TPSA) is 83.9 Å². The van der Waals surface area contributed by atoms with Gasteiger partial charge in [0, 0.05) is 11.1 Å². The van der Waals surface area contributed by atoms with Crippen LogP contribution in [0.25, 0.3) is 22.3 Å². The summed E-state index contributed by atoms with van der Waals surface area (Å²) in [4.78, 5) is 12.7. The van der Waals surface area contributed by atoms with Gasteiger partial charge >= 0.3 is 5.97 Å². The molecule has 3 aromatic carbocycles. The maximum atomic E-state index is 14.2. The number of anilines is 1. The molecule has 0 radical (unpaired) electrons. The van der Waals surface area contributed by atoms with E-state index in [1.54, 1.807) is 33.8 Å². The highest BCUT2D eigenvalue weighted by atomic mass is 32.2. The third-order valence-electron chi connectivity index (χ3n) is 6.61. The monoisotopic (exact) mass is 525 g/mol. The van der Waals surface area contributed by atoms with Gasteiger partial charge < -0.3 is 9.84 Å². The molecule has 8 heteroatoms. The van der Waals surface area contributed by atoms with E-state index in [2.05, 4.69) is 0 Å². The van der Waals surface area contributed by atoms with Gasteiger partial charge in [0.15, 0.2) is 6.10 Å². The molecule has 0 saturated heterocycles. The lowest BCUT2D eigenvalue weighted by Crippen LogP contribution is -2.34. The average Bonchev–Trinajstić information content (AvgIpc) is 2.78. The molecular weight excluding hydrogens is 493 g/mol. The van der Waals surface area contributed by atoms with Crippen molar-refractivity contribution in [2.45, 2.75) is 59.8 Å². The highest BCUT2D eigenvalue weighted by Crippen LogP contribution is 2.51.